The SMILES string of the molecule is C[C@H]1c2cccc(O)c2C(O)=C2C(=O)[C@]3(O)C(O)=C(C(N)=O)C(=O)[C@@H](N(C)C)[C@@H]3[C@@H](O)[C@@H]21.O.O=P(O)(O)O. The number of hydrogen-bond acceptors (Lipinski definition) is 10. The van der Waals surface area contributed by atoms with Gasteiger partial charge in [-0.15, -0.1) is 0 Å². The van der Waals surface area contributed by atoms with Gasteiger partial charge < -0.3 is 51.4 Å². The molecule has 3 aliphatic carbocycles. The van der Waals surface area contributed by atoms with Crippen molar-refractivity contribution in [2.45, 2.75) is 30.6 Å². The first-order valence-corrected chi connectivity index (χ1v) is 12.4. The summed E-state index contributed by atoms with van der Waals surface area (Å²) < 4.78 is 8.88. The van der Waals surface area contributed by atoms with Crippen LogP contribution in [0.2, 0.25) is 0 Å². The molecule has 0 spiro atoms. The lowest BCUT2D eigenvalue weighted by atomic mass is 9.54. The second kappa shape index (κ2) is 10.2. The van der Waals surface area contributed by atoms with Gasteiger partial charge in [0, 0.05) is 11.5 Å². The highest BCUT2D eigenvalue weighted by molar-refractivity contribution is 7.45. The molecule has 0 aliphatic heterocycles. The van der Waals surface area contributed by atoms with Crippen molar-refractivity contribution in [1.29, 1.82) is 0 Å². The number of aliphatic hydroxyl groups is 4. The monoisotopic (exact) mass is 560 g/mol. The maximum atomic E-state index is 13.7. The van der Waals surface area contributed by atoms with E-state index in [0.717, 1.165) is 0 Å². The molecule has 1 aromatic rings. The quantitative estimate of drug-likeness (QED) is 0.136. The fourth-order valence-corrected chi connectivity index (χ4v) is 5.58. The molecule has 3 aliphatic rings. The molecule has 15 nitrogen and oxygen atoms in total. The van der Waals surface area contributed by atoms with Gasteiger partial charge in [0.05, 0.1) is 23.6 Å². The van der Waals surface area contributed by atoms with Crippen LogP contribution in [0.5, 0.6) is 5.75 Å². The molecule has 1 fully saturated rings. The van der Waals surface area contributed by atoms with Gasteiger partial charge in [-0.05, 0) is 31.6 Å². The number of amides is 1. The first-order valence-electron chi connectivity index (χ1n) is 10.8. The minimum absolute atomic E-state index is 0. The molecule has 0 aromatic heterocycles. The van der Waals surface area contributed by atoms with E-state index in [-0.39, 0.29) is 16.8 Å². The number of rotatable bonds is 2. The predicted molar refractivity (Wildman–Crippen MR) is 128 cm³/mol. The third kappa shape index (κ3) is 4.63. The molecule has 0 radical (unpaired) electrons. The number of carbonyl (C=O) groups is 3. The van der Waals surface area contributed by atoms with Crippen molar-refractivity contribution in [3.63, 3.8) is 0 Å². The van der Waals surface area contributed by atoms with Gasteiger partial charge in [0.1, 0.15) is 22.8 Å². The summed E-state index contributed by atoms with van der Waals surface area (Å²) in [5.41, 5.74) is 1.47. The van der Waals surface area contributed by atoms with Crippen LogP contribution in [0.15, 0.2) is 35.1 Å². The van der Waals surface area contributed by atoms with E-state index in [1.807, 2.05) is 0 Å². The third-order valence-electron chi connectivity index (χ3n) is 6.99. The minimum atomic E-state index is -4.64. The molecule has 38 heavy (non-hydrogen) atoms. The molecule has 4 rings (SSSR count). The van der Waals surface area contributed by atoms with Crippen LogP contribution in [-0.4, -0.2) is 99.9 Å². The molecule has 0 bridgehead atoms. The smallest absolute Gasteiger partial charge is 0.466 e. The number of primary amides is 1. The highest BCUT2D eigenvalue weighted by atomic mass is 31.2. The predicted octanol–water partition coefficient (Wildman–Crippen LogP) is -2.26. The van der Waals surface area contributed by atoms with Crippen LogP contribution >= 0.6 is 7.82 Å². The van der Waals surface area contributed by atoms with E-state index in [4.69, 9.17) is 25.0 Å². The molecule has 0 unspecified atom stereocenters. The van der Waals surface area contributed by atoms with Crippen molar-refractivity contribution in [2.75, 3.05) is 14.1 Å². The zero-order valence-corrected chi connectivity index (χ0v) is 21.2. The Morgan fingerprint density at radius 1 is 1.11 bits per heavy atom. The Labute approximate surface area is 215 Å². The fourth-order valence-electron chi connectivity index (χ4n) is 5.58. The van der Waals surface area contributed by atoms with E-state index >= 15 is 0 Å². The van der Waals surface area contributed by atoms with Crippen LogP contribution in [0.25, 0.3) is 5.76 Å². The lowest BCUT2D eigenvalue weighted by molar-refractivity contribution is -0.169. The number of ketones is 2. The number of likely N-dealkylation sites (N-methyl/N-ethyl adjacent to an activating group) is 1. The number of aromatic hydroxyl groups is 1. The Hall–Kier alpha value is -3.14. The molecule has 1 amide bonds. The molecular weight excluding hydrogens is 531 g/mol. The minimum Gasteiger partial charge on any atom is -0.508 e. The number of nitrogens with zero attached hydrogens (tertiary/aromatic N) is 1. The summed E-state index contributed by atoms with van der Waals surface area (Å²) in [5.74, 6) is -8.87. The highest BCUT2D eigenvalue weighted by Crippen LogP contribution is 2.55. The van der Waals surface area contributed by atoms with Crippen LogP contribution in [0.1, 0.15) is 24.0 Å². The number of nitrogens with two attached hydrogens (primary N) is 1. The van der Waals surface area contributed by atoms with Gasteiger partial charge in [0.2, 0.25) is 5.78 Å². The average molecular weight is 560 g/mol. The van der Waals surface area contributed by atoms with E-state index < -0.39 is 83.5 Å². The van der Waals surface area contributed by atoms with Gasteiger partial charge in [0.25, 0.3) is 5.91 Å². The van der Waals surface area contributed by atoms with Crippen molar-refractivity contribution in [1.82, 2.24) is 4.90 Å². The van der Waals surface area contributed by atoms with Crippen molar-refractivity contribution in [2.24, 2.45) is 17.6 Å². The van der Waals surface area contributed by atoms with Gasteiger partial charge in [-0.1, -0.05) is 19.1 Å². The topological polar surface area (TPSA) is 291 Å². The number of phenols is 1. The van der Waals surface area contributed by atoms with Crippen LogP contribution in [0, 0.1) is 11.8 Å². The standard InChI is InChI=1S/C22H24N2O8.H3O4P.H2O/c1-7-8-5-4-6-9(25)11(8)16(26)12-10(7)17(27)14-15(24(2)3)18(28)13(21(23)31)20(30)22(14,32)19(12)29;1-5(2,3)4;/h4-7,10,14-15,17,25-27,30,32H,1-3H3,(H2,23,31);(H3,1,2,3,4);1H2/t7-,10+,14+,15-,17-,22-;;/m0../s1. The molecule has 1 aromatic carbocycles. The molecule has 210 valence electrons. The van der Waals surface area contributed by atoms with Gasteiger partial charge >= 0.3 is 7.82 Å². The van der Waals surface area contributed by atoms with Crippen molar-refractivity contribution >= 4 is 31.1 Å². The van der Waals surface area contributed by atoms with Crippen molar-refractivity contribution < 1.29 is 64.6 Å². The highest BCUT2D eigenvalue weighted by Gasteiger charge is 2.68. The van der Waals surface area contributed by atoms with Crippen molar-refractivity contribution in [3.8, 4) is 5.75 Å². The normalized spacial score (nSPS) is 30.5. The van der Waals surface area contributed by atoms with Crippen molar-refractivity contribution in [3.05, 3.63) is 46.2 Å². The first-order chi connectivity index (χ1) is 16.9. The van der Waals surface area contributed by atoms with Crippen LogP contribution in [-0.2, 0) is 18.9 Å². The summed E-state index contributed by atoms with van der Waals surface area (Å²) in [6.07, 6.45) is -1.59. The molecule has 1 saturated carbocycles. The Balaban J connectivity index is 0.000000774. The first kappa shape index (κ1) is 31.1. The summed E-state index contributed by atoms with van der Waals surface area (Å²) in [6.45, 7) is 1.68. The van der Waals surface area contributed by atoms with Gasteiger partial charge in [-0.2, -0.15) is 0 Å². The average Bonchev–Trinajstić information content (AvgIpc) is 2.74. The lowest BCUT2D eigenvalue weighted by Gasteiger charge is -2.53. The number of hydrogen-bond donors (Lipinski definition) is 9. The fraction of sp³-hybridized carbons (Fsp3) is 0.409. The number of benzene rings is 1. The molecule has 6 atom stereocenters. The molecule has 0 heterocycles. The third-order valence-corrected chi connectivity index (χ3v) is 6.99. The number of phosphoric acid groups is 1. The number of carbonyl (C=O) groups excluding carboxylic acids is 3. The van der Waals surface area contributed by atoms with Gasteiger partial charge in [-0.3, -0.25) is 19.3 Å². The van der Waals surface area contributed by atoms with E-state index in [1.54, 1.807) is 19.1 Å². The zero-order valence-electron chi connectivity index (χ0n) is 20.3. The van der Waals surface area contributed by atoms with E-state index in [0.29, 0.717) is 5.56 Å². The molecule has 0 saturated heterocycles. The number of Topliss-reactive ketones (excluding diaryl/α,β-unsaturated/α-hetero) is 2. The maximum absolute atomic E-state index is 13.7. The summed E-state index contributed by atoms with van der Waals surface area (Å²) in [7, 11) is -1.72. The second-order valence-corrected chi connectivity index (χ2v) is 10.3. The zero-order chi connectivity index (χ0) is 28.4. The summed E-state index contributed by atoms with van der Waals surface area (Å²) in [6, 6.07) is 3.13. The molecule has 16 heteroatoms. The summed E-state index contributed by atoms with van der Waals surface area (Å²) >= 11 is 0. The van der Waals surface area contributed by atoms with E-state index in [1.165, 1.54) is 25.1 Å². The van der Waals surface area contributed by atoms with E-state index in [2.05, 4.69) is 0 Å². The lowest BCUT2D eigenvalue weighted by Crippen LogP contribution is -2.70. The Kier molecular flexibility index (Phi) is 8.35. The van der Waals surface area contributed by atoms with Gasteiger partial charge in [-0.25, -0.2) is 4.57 Å². The maximum Gasteiger partial charge on any atom is 0.466 e. The molecule has 12 N–H and O–H groups in total. The molecular formula is C22H29N2O13P. The Morgan fingerprint density at radius 3 is 2.11 bits per heavy atom. The van der Waals surface area contributed by atoms with E-state index in [9.17, 15) is 39.9 Å². The van der Waals surface area contributed by atoms with Gasteiger partial charge in [0.15, 0.2) is 11.4 Å². The Morgan fingerprint density at radius 2 is 1.63 bits per heavy atom. The largest absolute Gasteiger partial charge is 0.508 e. The number of fused-ring (bicyclic) bond motifs is 3. The van der Waals surface area contributed by atoms with Crippen LogP contribution < -0.4 is 5.73 Å². The summed E-state index contributed by atoms with van der Waals surface area (Å²) in [5, 5.41) is 54.9. The number of aliphatic hydroxyl groups excluding tert-OH is 3. The van der Waals surface area contributed by atoms with Crippen LogP contribution in [0.3, 0.4) is 0 Å². The summed E-state index contributed by atoms with van der Waals surface area (Å²) in [4.78, 5) is 61.5. The number of phenolic OH excluding ortho intramolecular Hbond substituents is 1. The second-order valence-electron chi connectivity index (χ2n) is 9.30. The Bertz CT molecular complexity index is 1290. The van der Waals surface area contributed by atoms with Crippen LogP contribution in [0.4, 0.5) is 0 Å².